The topological polar surface area (TPSA) is 69.9 Å². The van der Waals surface area contributed by atoms with Crippen molar-refractivity contribution in [2.24, 2.45) is 11.7 Å². The summed E-state index contributed by atoms with van der Waals surface area (Å²) in [6.07, 6.45) is 7.52. The average Bonchev–Trinajstić information content (AvgIpc) is 2.68. The zero-order chi connectivity index (χ0) is 18.8. The maximum atomic E-state index is 12.5. The van der Waals surface area contributed by atoms with E-state index in [-0.39, 0.29) is 24.8 Å². The van der Waals surface area contributed by atoms with Crippen LogP contribution in [0.2, 0.25) is 0 Å². The fraction of sp³-hybridized carbons (Fsp3) is 0.900. The number of hydrogen-bond donors (Lipinski definition) is 1. The van der Waals surface area contributed by atoms with Crippen molar-refractivity contribution in [1.29, 1.82) is 0 Å². The van der Waals surface area contributed by atoms with Crippen LogP contribution in [0.5, 0.6) is 0 Å². The van der Waals surface area contributed by atoms with Crippen LogP contribution in [0.1, 0.15) is 58.3 Å². The van der Waals surface area contributed by atoms with Crippen molar-refractivity contribution in [2.75, 3.05) is 52.4 Å². The van der Waals surface area contributed by atoms with Gasteiger partial charge in [0.2, 0.25) is 11.8 Å². The molecule has 0 unspecified atom stereocenters. The van der Waals surface area contributed by atoms with E-state index in [1.54, 1.807) is 0 Å². The number of likely N-dealkylation sites (tertiary alicyclic amines) is 1. The molecule has 0 aromatic rings. The van der Waals surface area contributed by atoms with Gasteiger partial charge in [-0.15, -0.1) is 24.8 Å². The van der Waals surface area contributed by atoms with Gasteiger partial charge in [-0.3, -0.25) is 9.59 Å². The van der Waals surface area contributed by atoms with E-state index in [1.165, 1.54) is 0 Å². The molecule has 0 radical (unpaired) electrons. The molecule has 0 atom stereocenters. The molecule has 0 aromatic carbocycles. The van der Waals surface area contributed by atoms with Gasteiger partial charge in [-0.05, 0) is 44.7 Å². The van der Waals surface area contributed by atoms with Crippen LogP contribution in [0.3, 0.4) is 0 Å². The van der Waals surface area contributed by atoms with Crippen LogP contribution in [-0.2, 0) is 9.59 Å². The SMILES string of the molecule is CCN1CCN(C(=O)CC2CCN(C(=O)CCCCCCN)CC2)CC1.Cl.Cl. The Hall–Kier alpha value is -0.560. The van der Waals surface area contributed by atoms with Crippen molar-refractivity contribution < 1.29 is 9.59 Å². The van der Waals surface area contributed by atoms with E-state index < -0.39 is 0 Å². The van der Waals surface area contributed by atoms with Crippen LogP contribution in [0, 0.1) is 5.92 Å². The van der Waals surface area contributed by atoms with Crippen molar-refractivity contribution in [3.05, 3.63) is 0 Å². The summed E-state index contributed by atoms with van der Waals surface area (Å²) in [7, 11) is 0. The minimum atomic E-state index is 0. The quantitative estimate of drug-likeness (QED) is 0.561. The molecule has 2 saturated heterocycles. The molecular formula is C20H40Cl2N4O2. The number of nitrogens with zero attached hydrogens (tertiary/aromatic N) is 3. The number of halogens is 2. The summed E-state index contributed by atoms with van der Waals surface area (Å²) in [5, 5.41) is 0. The van der Waals surface area contributed by atoms with Crippen LogP contribution >= 0.6 is 24.8 Å². The summed E-state index contributed by atoms with van der Waals surface area (Å²) in [4.78, 5) is 31.2. The number of carbonyl (C=O) groups excluding carboxylic acids is 2. The van der Waals surface area contributed by atoms with Gasteiger partial charge >= 0.3 is 0 Å². The summed E-state index contributed by atoms with van der Waals surface area (Å²) in [6.45, 7) is 9.37. The third-order valence-corrected chi connectivity index (χ3v) is 5.95. The predicted octanol–water partition coefficient (Wildman–Crippen LogP) is 2.53. The lowest BCUT2D eigenvalue weighted by molar-refractivity contribution is -0.135. The number of piperidine rings is 1. The van der Waals surface area contributed by atoms with E-state index in [4.69, 9.17) is 5.73 Å². The zero-order valence-electron chi connectivity index (χ0n) is 17.4. The first-order chi connectivity index (χ1) is 12.6. The first-order valence-corrected chi connectivity index (χ1v) is 10.6. The van der Waals surface area contributed by atoms with Crippen molar-refractivity contribution in [2.45, 2.75) is 58.3 Å². The highest BCUT2D eigenvalue weighted by Gasteiger charge is 2.27. The molecule has 6 nitrogen and oxygen atoms in total. The fourth-order valence-electron chi connectivity index (χ4n) is 4.01. The maximum absolute atomic E-state index is 12.5. The lowest BCUT2D eigenvalue weighted by atomic mass is 9.92. The van der Waals surface area contributed by atoms with Crippen LogP contribution in [0.25, 0.3) is 0 Å². The Morgan fingerprint density at radius 1 is 0.821 bits per heavy atom. The van der Waals surface area contributed by atoms with Gasteiger partial charge < -0.3 is 20.4 Å². The average molecular weight is 439 g/mol. The minimum Gasteiger partial charge on any atom is -0.343 e. The van der Waals surface area contributed by atoms with E-state index in [9.17, 15) is 9.59 Å². The summed E-state index contributed by atoms with van der Waals surface area (Å²) in [5.41, 5.74) is 5.49. The van der Waals surface area contributed by atoms with Crippen molar-refractivity contribution in [1.82, 2.24) is 14.7 Å². The van der Waals surface area contributed by atoms with Crippen molar-refractivity contribution in [3.8, 4) is 0 Å². The smallest absolute Gasteiger partial charge is 0.222 e. The molecule has 0 aromatic heterocycles. The standard InChI is InChI=1S/C20H38N4O2.2ClH/c1-2-22-13-15-24(16-14-22)20(26)17-18-8-11-23(12-9-18)19(25)7-5-3-4-6-10-21;;/h18H,2-17,21H2,1H3;2*1H. The van der Waals surface area contributed by atoms with Crippen LogP contribution in [-0.4, -0.2) is 78.9 Å². The summed E-state index contributed by atoms with van der Waals surface area (Å²) in [5.74, 6) is 1.05. The number of hydrogen-bond acceptors (Lipinski definition) is 4. The monoisotopic (exact) mass is 438 g/mol. The second-order valence-corrected chi connectivity index (χ2v) is 7.80. The molecule has 2 rings (SSSR count). The summed E-state index contributed by atoms with van der Waals surface area (Å²) in [6, 6.07) is 0. The maximum Gasteiger partial charge on any atom is 0.222 e. The van der Waals surface area contributed by atoms with E-state index >= 15 is 0 Å². The van der Waals surface area contributed by atoms with Crippen molar-refractivity contribution in [3.63, 3.8) is 0 Å². The highest BCUT2D eigenvalue weighted by molar-refractivity contribution is 5.85. The van der Waals surface area contributed by atoms with Gasteiger partial charge in [0.1, 0.15) is 0 Å². The molecule has 0 bridgehead atoms. The van der Waals surface area contributed by atoms with Crippen molar-refractivity contribution >= 4 is 36.6 Å². The molecule has 28 heavy (non-hydrogen) atoms. The van der Waals surface area contributed by atoms with Crippen LogP contribution in [0.15, 0.2) is 0 Å². The molecule has 0 saturated carbocycles. The Morgan fingerprint density at radius 3 is 1.96 bits per heavy atom. The Bertz CT molecular complexity index is 438. The lowest BCUT2D eigenvalue weighted by Crippen LogP contribution is -2.49. The molecule has 2 amide bonds. The predicted molar refractivity (Wildman–Crippen MR) is 119 cm³/mol. The molecule has 2 N–H and O–H groups in total. The lowest BCUT2D eigenvalue weighted by Gasteiger charge is -2.36. The van der Waals surface area contributed by atoms with Crippen LogP contribution in [0.4, 0.5) is 0 Å². The zero-order valence-corrected chi connectivity index (χ0v) is 19.1. The van der Waals surface area contributed by atoms with E-state index in [1.807, 2.05) is 9.80 Å². The van der Waals surface area contributed by atoms with E-state index in [2.05, 4.69) is 11.8 Å². The molecule has 2 heterocycles. The highest BCUT2D eigenvalue weighted by Crippen LogP contribution is 2.22. The molecule has 2 fully saturated rings. The molecule has 8 heteroatoms. The van der Waals surface area contributed by atoms with E-state index in [0.29, 0.717) is 30.6 Å². The summed E-state index contributed by atoms with van der Waals surface area (Å²) >= 11 is 0. The highest BCUT2D eigenvalue weighted by atomic mass is 35.5. The van der Waals surface area contributed by atoms with Gasteiger partial charge in [-0.2, -0.15) is 0 Å². The third kappa shape index (κ3) is 9.29. The number of carbonyl (C=O) groups is 2. The Labute approximate surface area is 183 Å². The normalized spacial score (nSPS) is 18.4. The van der Waals surface area contributed by atoms with Gasteiger partial charge in [0.05, 0.1) is 0 Å². The number of nitrogens with two attached hydrogens (primary N) is 1. The Morgan fingerprint density at radius 2 is 1.39 bits per heavy atom. The minimum absolute atomic E-state index is 0. The molecule has 166 valence electrons. The van der Waals surface area contributed by atoms with E-state index in [0.717, 1.165) is 90.9 Å². The third-order valence-electron chi connectivity index (χ3n) is 5.95. The molecule has 2 aliphatic rings. The second-order valence-electron chi connectivity index (χ2n) is 7.80. The largest absolute Gasteiger partial charge is 0.343 e. The molecule has 0 spiro atoms. The first kappa shape index (κ1) is 27.4. The molecular weight excluding hydrogens is 399 g/mol. The molecule has 2 aliphatic heterocycles. The van der Waals surface area contributed by atoms with Gasteiger partial charge in [-0.1, -0.05) is 19.8 Å². The molecule has 0 aliphatic carbocycles. The van der Waals surface area contributed by atoms with Gasteiger partial charge in [0.15, 0.2) is 0 Å². The van der Waals surface area contributed by atoms with Gasteiger partial charge in [0, 0.05) is 52.1 Å². The number of unbranched alkanes of at least 4 members (excludes halogenated alkanes) is 3. The Balaban J connectivity index is 0.00000364. The number of rotatable bonds is 9. The fourth-order valence-corrected chi connectivity index (χ4v) is 4.01. The Kier molecular flexibility index (Phi) is 15.0. The van der Waals surface area contributed by atoms with Gasteiger partial charge in [-0.25, -0.2) is 0 Å². The van der Waals surface area contributed by atoms with Gasteiger partial charge in [0.25, 0.3) is 0 Å². The second kappa shape index (κ2) is 15.3. The number of piperazine rings is 1. The summed E-state index contributed by atoms with van der Waals surface area (Å²) < 4.78 is 0. The first-order valence-electron chi connectivity index (χ1n) is 10.6. The number of likely N-dealkylation sites (N-methyl/N-ethyl adjacent to an activating group) is 1. The van der Waals surface area contributed by atoms with Crippen LogP contribution < -0.4 is 5.73 Å². The number of amides is 2.